The van der Waals surface area contributed by atoms with E-state index in [9.17, 15) is 0 Å². The second-order valence-electron chi connectivity index (χ2n) is 1.63. The van der Waals surface area contributed by atoms with Gasteiger partial charge in [-0.05, 0) is 0 Å². The van der Waals surface area contributed by atoms with Crippen molar-refractivity contribution < 1.29 is 4.74 Å². The minimum absolute atomic E-state index is 0.889. The topological polar surface area (TPSA) is 21.3 Å². The van der Waals surface area contributed by atoms with Crippen molar-refractivity contribution in [3.05, 3.63) is 0 Å². The third-order valence-electron chi connectivity index (χ3n) is 0.846. The van der Waals surface area contributed by atoms with Crippen LogP contribution in [0.15, 0.2) is 0 Å². The van der Waals surface area contributed by atoms with E-state index in [1.165, 1.54) is 0 Å². The maximum Gasteiger partial charge on any atom is 0.0591 e. The van der Waals surface area contributed by atoms with E-state index >= 15 is 0 Å². The fraction of sp³-hybridized carbons (Fsp3) is 1.00. The van der Waals surface area contributed by atoms with E-state index in [1.54, 1.807) is 0 Å². The molecular formula is C6H14BrNO. The smallest absolute Gasteiger partial charge is 0.0591 e. The molecule has 3 heteroatoms. The molecule has 1 fully saturated rings. The van der Waals surface area contributed by atoms with Crippen molar-refractivity contribution in [2.24, 2.45) is 0 Å². The lowest BCUT2D eigenvalue weighted by Gasteiger charge is -2.10. The van der Waals surface area contributed by atoms with Crippen molar-refractivity contribution >= 4 is 15.9 Å². The number of halogens is 1. The first kappa shape index (κ1) is 9.40. The highest BCUT2D eigenvalue weighted by atomic mass is 79.9. The van der Waals surface area contributed by atoms with Crippen molar-refractivity contribution in [1.82, 2.24) is 5.32 Å². The van der Waals surface area contributed by atoms with Gasteiger partial charge in [-0.2, -0.15) is 0 Å². The Morgan fingerprint density at radius 2 is 1.89 bits per heavy atom. The Labute approximate surface area is 65.1 Å². The van der Waals surface area contributed by atoms with Crippen LogP contribution in [0, 0.1) is 0 Å². The number of morpholine rings is 1. The number of ether oxygens (including phenoxy) is 1. The van der Waals surface area contributed by atoms with Gasteiger partial charge >= 0.3 is 0 Å². The summed E-state index contributed by atoms with van der Waals surface area (Å²) < 4.78 is 5.01. The van der Waals surface area contributed by atoms with Crippen LogP contribution in [-0.4, -0.2) is 31.6 Å². The van der Waals surface area contributed by atoms with Crippen LogP contribution in [0.1, 0.15) is 6.92 Å². The molecule has 0 radical (unpaired) electrons. The number of nitrogens with one attached hydrogen (secondary N) is 1. The molecule has 0 unspecified atom stereocenters. The van der Waals surface area contributed by atoms with E-state index in [-0.39, 0.29) is 0 Å². The molecule has 1 N–H and O–H groups in total. The van der Waals surface area contributed by atoms with Crippen LogP contribution in [0.3, 0.4) is 0 Å². The highest BCUT2D eigenvalue weighted by molar-refractivity contribution is 9.09. The molecule has 0 bridgehead atoms. The van der Waals surface area contributed by atoms with Gasteiger partial charge in [0.05, 0.1) is 13.2 Å². The minimum atomic E-state index is 0.889. The second kappa shape index (κ2) is 8.40. The predicted molar refractivity (Wildman–Crippen MR) is 43.2 cm³/mol. The van der Waals surface area contributed by atoms with Crippen LogP contribution in [0.4, 0.5) is 0 Å². The Morgan fingerprint density at radius 3 is 2.00 bits per heavy atom. The first-order valence-electron chi connectivity index (χ1n) is 3.26. The number of alkyl halides is 1. The quantitative estimate of drug-likeness (QED) is 0.584. The van der Waals surface area contributed by atoms with E-state index in [1.807, 2.05) is 6.92 Å². The molecule has 9 heavy (non-hydrogen) atoms. The Hall–Kier alpha value is 0.400. The lowest BCUT2D eigenvalue weighted by Crippen LogP contribution is -2.30. The molecule has 1 rings (SSSR count). The van der Waals surface area contributed by atoms with Gasteiger partial charge < -0.3 is 10.1 Å². The van der Waals surface area contributed by atoms with Gasteiger partial charge in [0.25, 0.3) is 0 Å². The normalized spacial score (nSPS) is 18.0. The summed E-state index contributed by atoms with van der Waals surface area (Å²) in [6.07, 6.45) is 0. The zero-order valence-corrected chi connectivity index (χ0v) is 7.41. The lowest BCUT2D eigenvalue weighted by atomic mass is 10.5. The van der Waals surface area contributed by atoms with Gasteiger partial charge in [-0.3, -0.25) is 0 Å². The molecule has 1 saturated heterocycles. The summed E-state index contributed by atoms with van der Waals surface area (Å²) in [5.74, 6) is 0. The van der Waals surface area contributed by atoms with Crippen LogP contribution < -0.4 is 5.32 Å². The molecule has 1 aliphatic rings. The van der Waals surface area contributed by atoms with E-state index in [0.717, 1.165) is 31.6 Å². The fourth-order valence-electron chi connectivity index (χ4n) is 0.516. The Morgan fingerprint density at radius 1 is 1.44 bits per heavy atom. The van der Waals surface area contributed by atoms with E-state index in [0.29, 0.717) is 0 Å². The van der Waals surface area contributed by atoms with E-state index in [2.05, 4.69) is 21.2 Å². The van der Waals surface area contributed by atoms with Crippen LogP contribution in [0.25, 0.3) is 0 Å². The van der Waals surface area contributed by atoms with Crippen molar-refractivity contribution in [3.63, 3.8) is 0 Å². The first-order chi connectivity index (χ1) is 4.41. The molecule has 0 aromatic rings. The zero-order valence-electron chi connectivity index (χ0n) is 5.82. The Bertz CT molecular complexity index is 36.8. The van der Waals surface area contributed by atoms with Gasteiger partial charge in [0, 0.05) is 18.4 Å². The molecule has 1 aliphatic heterocycles. The van der Waals surface area contributed by atoms with Gasteiger partial charge in [0.2, 0.25) is 0 Å². The van der Waals surface area contributed by atoms with Gasteiger partial charge in [-0.15, -0.1) is 0 Å². The van der Waals surface area contributed by atoms with Gasteiger partial charge in [0.1, 0.15) is 0 Å². The molecule has 0 aliphatic carbocycles. The Balaban J connectivity index is 0.000000187. The first-order valence-corrected chi connectivity index (χ1v) is 4.38. The van der Waals surface area contributed by atoms with Crippen molar-refractivity contribution in [2.45, 2.75) is 6.92 Å². The molecule has 0 atom stereocenters. The highest BCUT2D eigenvalue weighted by Crippen LogP contribution is 1.76. The number of hydrogen-bond donors (Lipinski definition) is 1. The average Bonchev–Trinajstić information content (AvgIpc) is 1.93. The summed E-state index contributed by atoms with van der Waals surface area (Å²) in [4.78, 5) is 0. The standard InChI is InChI=1S/C4H9NO.C2H5Br/c1-3-6-4-2-5-1;1-2-3/h5H,1-4H2;2H2,1H3. The van der Waals surface area contributed by atoms with Crippen molar-refractivity contribution in [1.29, 1.82) is 0 Å². The van der Waals surface area contributed by atoms with E-state index in [4.69, 9.17) is 4.74 Å². The summed E-state index contributed by atoms with van der Waals surface area (Å²) >= 11 is 3.15. The lowest BCUT2D eigenvalue weighted by molar-refractivity contribution is 0.109. The fourth-order valence-corrected chi connectivity index (χ4v) is 0.516. The van der Waals surface area contributed by atoms with Crippen LogP contribution >= 0.6 is 15.9 Å². The molecule has 56 valence electrons. The number of hydrogen-bond acceptors (Lipinski definition) is 2. The van der Waals surface area contributed by atoms with Gasteiger partial charge in [0.15, 0.2) is 0 Å². The summed E-state index contributed by atoms with van der Waals surface area (Å²) in [6.45, 7) is 5.88. The molecule has 0 spiro atoms. The third kappa shape index (κ3) is 8.40. The van der Waals surface area contributed by atoms with Crippen LogP contribution in [0.2, 0.25) is 0 Å². The summed E-state index contributed by atoms with van der Waals surface area (Å²) in [7, 11) is 0. The van der Waals surface area contributed by atoms with Crippen molar-refractivity contribution in [3.8, 4) is 0 Å². The molecular weight excluding hydrogens is 182 g/mol. The molecule has 0 aromatic carbocycles. The Kier molecular flexibility index (Phi) is 8.77. The van der Waals surface area contributed by atoms with Crippen LogP contribution in [-0.2, 0) is 4.74 Å². The van der Waals surface area contributed by atoms with Gasteiger partial charge in [-0.25, -0.2) is 0 Å². The molecule has 0 amide bonds. The predicted octanol–water partition coefficient (Wildman–Crippen LogP) is 1.01. The average molecular weight is 196 g/mol. The summed E-state index contributed by atoms with van der Waals surface area (Å²) in [5.41, 5.74) is 0. The van der Waals surface area contributed by atoms with Crippen LogP contribution in [0.5, 0.6) is 0 Å². The summed E-state index contributed by atoms with van der Waals surface area (Å²) in [5, 5.41) is 4.22. The van der Waals surface area contributed by atoms with Gasteiger partial charge in [-0.1, -0.05) is 22.9 Å². The maximum atomic E-state index is 5.01. The molecule has 1 heterocycles. The zero-order chi connectivity index (χ0) is 6.95. The summed E-state index contributed by atoms with van der Waals surface area (Å²) in [6, 6.07) is 0. The minimum Gasteiger partial charge on any atom is -0.379 e. The maximum absolute atomic E-state index is 5.01. The second-order valence-corrected chi connectivity index (χ2v) is 2.75. The molecule has 2 nitrogen and oxygen atoms in total. The molecule has 0 aromatic heterocycles. The van der Waals surface area contributed by atoms with Crippen molar-refractivity contribution in [2.75, 3.05) is 31.6 Å². The highest BCUT2D eigenvalue weighted by Gasteiger charge is 1.92. The largest absolute Gasteiger partial charge is 0.379 e. The SMILES string of the molecule is C1COCCN1.CCBr. The third-order valence-corrected chi connectivity index (χ3v) is 0.846. The van der Waals surface area contributed by atoms with E-state index < -0.39 is 0 Å². The number of rotatable bonds is 0. The monoisotopic (exact) mass is 195 g/mol. The molecule has 0 saturated carbocycles.